The molecule has 0 heterocycles. The van der Waals surface area contributed by atoms with Crippen molar-refractivity contribution in [2.75, 3.05) is 7.11 Å². The maximum atomic E-state index is 10.8. The van der Waals surface area contributed by atoms with Crippen LogP contribution in [0.1, 0.15) is 92.6 Å². The fourth-order valence-electron chi connectivity index (χ4n) is 7.37. The zero-order valence-electron chi connectivity index (χ0n) is 20.9. The fourth-order valence-corrected chi connectivity index (χ4v) is 9.93. The topological polar surface area (TPSA) is 49.7 Å². The number of hydrogen-bond donors (Lipinski definition) is 2. The van der Waals surface area contributed by atoms with E-state index in [4.69, 9.17) is 4.74 Å². The first-order valence-electron chi connectivity index (χ1n) is 13.3. The molecule has 34 heavy (non-hydrogen) atoms. The number of fused-ring (bicyclic) bond motifs is 5. The second-order valence-electron chi connectivity index (χ2n) is 11.1. The molecule has 0 amide bonds. The summed E-state index contributed by atoms with van der Waals surface area (Å²) in [5.41, 5.74) is 4.59. The molecule has 2 aromatic rings. The SMILES string of the molecule is CCCCC([Se]c1ccc(O)cc1)c1cc2c(cc1OC)CC[C@@H]1[C@@H]2CC[C@]2(C)C(O)CC[C@@H]12. The zero-order valence-corrected chi connectivity index (χ0v) is 22.6. The molecule has 0 aliphatic heterocycles. The van der Waals surface area contributed by atoms with Crippen LogP contribution in [0.15, 0.2) is 36.4 Å². The quantitative estimate of drug-likeness (QED) is 0.443. The molecule has 2 unspecified atom stereocenters. The molecule has 0 radical (unpaired) electrons. The summed E-state index contributed by atoms with van der Waals surface area (Å²) in [5.74, 6) is 3.41. The molecule has 0 spiro atoms. The second kappa shape index (κ2) is 9.88. The first-order valence-corrected chi connectivity index (χ1v) is 15.1. The minimum absolute atomic E-state index is 0.113. The van der Waals surface area contributed by atoms with E-state index in [0.717, 1.165) is 25.0 Å². The van der Waals surface area contributed by atoms with Gasteiger partial charge in [-0.1, -0.05) is 0 Å². The summed E-state index contributed by atoms with van der Waals surface area (Å²) in [6.45, 7) is 4.63. The number of rotatable bonds is 7. The Morgan fingerprint density at radius 3 is 2.65 bits per heavy atom. The van der Waals surface area contributed by atoms with Crippen LogP contribution in [0.5, 0.6) is 11.5 Å². The number of aromatic hydroxyl groups is 1. The zero-order chi connectivity index (χ0) is 23.9. The minimum atomic E-state index is -0.113. The Morgan fingerprint density at radius 2 is 1.91 bits per heavy atom. The number of aliphatic hydroxyl groups excluding tert-OH is 1. The number of aryl methyl sites for hydroxylation is 1. The summed E-state index contributed by atoms with van der Waals surface area (Å²) in [5, 5.41) is 20.5. The first-order chi connectivity index (χ1) is 16.4. The van der Waals surface area contributed by atoms with Crippen molar-refractivity contribution in [1.82, 2.24) is 0 Å². The van der Waals surface area contributed by atoms with Crippen LogP contribution in [0.3, 0.4) is 0 Å². The molecular weight excluding hydrogens is 487 g/mol. The third-order valence-corrected chi connectivity index (χ3v) is 12.1. The Balaban J connectivity index is 1.49. The third-order valence-electron chi connectivity index (χ3n) is 9.31. The molecule has 2 aromatic carbocycles. The van der Waals surface area contributed by atoms with Crippen molar-refractivity contribution < 1.29 is 14.9 Å². The summed E-state index contributed by atoms with van der Waals surface area (Å²) in [7, 11) is 1.83. The maximum absolute atomic E-state index is 10.8. The van der Waals surface area contributed by atoms with E-state index in [1.54, 1.807) is 5.56 Å². The van der Waals surface area contributed by atoms with E-state index in [2.05, 4.69) is 38.1 Å². The molecule has 3 aliphatic rings. The van der Waals surface area contributed by atoms with Crippen molar-refractivity contribution in [3.8, 4) is 11.5 Å². The number of benzene rings is 2. The van der Waals surface area contributed by atoms with Crippen LogP contribution in [0.25, 0.3) is 0 Å². The molecule has 2 fully saturated rings. The van der Waals surface area contributed by atoms with Gasteiger partial charge in [-0.3, -0.25) is 0 Å². The summed E-state index contributed by atoms with van der Waals surface area (Å²) in [6.07, 6.45) is 10.4. The van der Waals surface area contributed by atoms with Crippen molar-refractivity contribution in [3.63, 3.8) is 0 Å². The number of unbranched alkanes of at least 4 members (excludes halogenated alkanes) is 1. The van der Waals surface area contributed by atoms with Gasteiger partial charge in [-0.2, -0.15) is 0 Å². The Labute approximate surface area is 211 Å². The van der Waals surface area contributed by atoms with E-state index >= 15 is 0 Å². The van der Waals surface area contributed by atoms with Gasteiger partial charge in [0.1, 0.15) is 0 Å². The van der Waals surface area contributed by atoms with Crippen LogP contribution in [-0.2, 0) is 6.42 Å². The van der Waals surface area contributed by atoms with E-state index < -0.39 is 0 Å². The Bertz CT molecular complexity index is 1000. The standard InChI is InChI=1S/C30H40O3Se/c1-4-5-6-28(34-21-10-8-20(31)9-11-21)25-18-24-19(17-27(25)33-3)7-12-23-22(24)15-16-30(2)26(23)13-14-29(30)32/h8-11,17-18,22-23,26,28-29,31-32H,4-7,12-16H2,1-3H3/t22-,23+,26-,28?,29?,30-/m0/s1. The molecule has 4 heteroatoms. The van der Waals surface area contributed by atoms with Gasteiger partial charge in [-0.15, -0.1) is 0 Å². The van der Waals surface area contributed by atoms with Gasteiger partial charge in [-0.05, 0) is 0 Å². The van der Waals surface area contributed by atoms with Crippen molar-refractivity contribution in [3.05, 3.63) is 53.1 Å². The van der Waals surface area contributed by atoms with Crippen LogP contribution in [0.2, 0.25) is 0 Å². The third kappa shape index (κ3) is 4.31. The number of aliphatic hydroxyl groups is 1. The number of methoxy groups -OCH3 is 1. The average Bonchev–Trinajstić information content (AvgIpc) is 3.16. The Kier molecular flexibility index (Phi) is 7.04. The van der Waals surface area contributed by atoms with Crippen LogP contribution >= 0.6 is 0 Å². The number of ether oxygens (including phenoxy) is 1. The molecule has 6 atom stereocenters. The molecule has 0 aromatic heterocycles. The molecule has 0 saturated heterocycles. The van der Waals surface area contributed by atoms with Crippen molar-refractivity contribution >= 4 is 19.4 Å². The van der Waals surface area contributed by atoms with E-state index in [9.17, 15) is 10.2 Å². The van der Waals surface area contributed by atoms with Crippen LogP contribution < -0.4 is 9.20 Å². The summed E-state index contributed by atoms with van der Waals surface area (Å²) in [4.78, 5) is 0.472. The fraction of sp³-hybridized carbons (Fsp3) is 0.600. The predicted molar refractivity (Wildman–Crippen MR) is 139 cm³/mol. The average molecular weight is 528 g/mol. The van der Waals surface area contributed by atoms with Gasteiger partial charge in [0.25, 0.3) is 0 Å². The van der Waals surface area contributed by atoms with Gasteiger partial charge in [0, 0.05) is 0 Å². The molecule has 2 N–H and O–H groups in total. The van der Waals surface area contributed by atoms with Crippen molar-refractivity contribution in [2.45, 2.75) is 88.5 Å². The van der Waals surface area contributed by atoms with Crippen LogP contribution in [-0.4, -0.2) is 38.4 Å². The summed E-state index contributed by atoms with van der Waals surface area (Å²) in [6, 6.07) is 12.7. The Morgan fingerprint density at radius 1 is 1.12 bits per heavy atom. The van der Waals surface area contributed by atoms with Gasteiger partial charge in [0.05, 0.1) is 0 Å². The molecule has 5 rings (SSSR count). The number of phenolic OH excluding ortho intramolecular Hbond substituents is 1. The first kappa shape index (κ1) is 24.2. The van der Waals surface area contributed by atoms with E-state index in [1.807, 2.05) is 19.2 Å². The van der Waals surface area contributed by atoms with E-state index in [1.165, 1.54) is 54.1 Å². The van der Waals surface area contributed by atoms with Gasteiger partial charge in [-0.25, -0.2) is 0 Å². The van der Waals surface area contributed by atoms with Gasteiger partial charge in [0.15, 0.2) is 0 Å². The monoisotopic (exact) mass is 528 g/mol. The van der Waals surface area contributed by atoms with Gasteiger partial charge >= 0.3 is 212 Å². The molecule has 3 aliphatic carbocycles. The summed E-state index contributed by atoms with van der Waals surface area (Å²) >= 11 is 0.277. The Hall–Kier alpha value is -1.48. The molecule has 0 bridgehead atoms. The predicted octanol–water partition coefficient (Wildman–Crippen LogP) is 5.88. The van der Waals surface area contributed by atoms with Crippen LogP contribution in [0.4, 0.5) is 0 Å². The summed E-state index contributed by atoms with van der Waals surface area (Å²) < 4.78 is 7.33. The van der Waals surface area contributed by atoms with Crippen LogP contribution in [0, 0.1) is 17.3 Å². The molecule has 184 valence electrons. The second-order valence-corrected chi connectivity index (χ2v) is 13.8. The van der Waals surface area contributed by atoms with Crippen molar-refractivity contribution in [1.29, 1.82) is 0 Å². The van der Waals surface area contributed by atoms with Gasteiger partial charge < -0.3 is 0 Å². The number of phenols is 1. The number of hydrogen-bond acceptors (Lipinski definition) is 3. The molecular formula is C30H40O3Se. The molecule has 3 nitrogen and oxygen atoms in total. The van der Waals surface area contributed by atoms with Crippen molar-refractivity contribution in [2.24, 2.45) is 17.3 Å². The molecule has 2 saturated carbocycles. The van der Waals surface area contributed by atoms with Gasteiger partial charge in [0.2, 0.25) is 0 Å². The normalized spacial score (nSPS) is 30.8. The van der Waals surface area contributed by atoms with E-state index in [-0.39, 0.29) is 26.5 Å². The van der Waals surface area contributed by atoms with E-state index in [0.29, 0.717) is 28.3 Å².